The van der Waals surface area contributed by atoms with Gasteiger partial charge in [-0.3, -0.25) is 0 Å². The van der Waals surface area contributed by atoms with Gasteiger partial charge in [-0.05, 0) is 48.7 Å². The molecule has 3 heterocycles. The first kappa shape index (κ1) is 18.1. The van der Waals surface area contributed by atoms with Crippen LogP contribution < -0.4 is 19.6 Å². The van der Waals surface area contributed by atoms with Crippen molar-refractivity contribution in [1.82, 2.24) is 10.4 Å². The molecular formula is C23H22N2O3S. The molecule has 5 rings (SSSR count). The number of nitrogens with one attached hydrogen (secondary N) is 1. The van der Waals surface area contributed by atoms with Crippen molar-refractivity contribution in [3.8, 4) is 17.2 Å². The summed E-state index contributed by atoms with van der Waals surface area (Å²) >= 11 is 1.72. The first-order valence-electron chi connectivity index (χ1n) is 9.65. The van der Waals surface area contributed by atoms with Crippen molar-refractivity contribution >= 4 is 17.0 Å². The van der Waals surface area contributed by atoms with E-state index >= 15 is 0 Å². The van der Waals surface area contributed by atoms with Crippen LogP contribution in [0, 0.1) is 0 Å². The quantitative estimate of drug-likeness (QED) is 0.635. The number of hydrogen-bond donors (Lipinski definition) is 1. The lowest BCUT2D eigenvalue weighted by Crippen LogP contribution is -2.43. The molecule has 0 radical (unpaired) electrons. The monoisotopic (exact) mass is 406 g/mol. The van der Waals surface area contributed by atoms with Crippen LogP contribution >= 0.6 is 11.3 Å². The number of methoxy groups -OCH3 is 1. The molecular weight excluding hydrogens is 384 g/mol. The second-order valence-corrected chi connectivity index (χ2v) is 7.82. The lowest BCUT2D eigenvalue weighted by molar-refractivity contribution is -0.0327. The summed E-state index contributed by atoms with van der Waals surface area (Å²) in [4.78, 5) is 1.21. The molecule has 0 spiro atoms. The first-order chi connectivity index (χ1) is 14.3. The van der Waals surface area contributed by atoms with E-state index in [4.69, 9.17) is 14.2 Å². The highest BCUT2D eigenvalue weighted by atomic mass is 32.1. The highest BCUT2D eigenvalue weighted by molar-refractivity contribution is 7.11. The minimum atomic E-state index is -0.298. The average molecular weight is 407 g/mol. The van der Waals surface area contributed by atoms with Crippen molar-refractivity contribution in [2.45, 2.75) is 19.2 Å². The fraction of sp³-hybridized carbons (Fsp3) is 0.217. The molecule has 2 aliphatic rings. The summed E-state index contributed by atoms with van der Waals surface area (Å²) in [6.45, 7) is 2.55. The number of hydrazine groups is 1. The topological polar surface area (TPSA) is 43.0 Å². The van der Waals surface area contributed by atoms with Crippen LogP contribution in [0.5, 0.6) is 17.2 Å². The minimum absolute atomic E-state index is 0.0830. The Bertz CT molecular complexity index is 1050. The summed E-state index contributed by atoms with van der Waals surface area (Å²) in [5, 5.41) is 4.25. The number of rotatable bonds is 5. The summed E-state index contributed by atoms with van der Waals surface area (Å²) in [6.07, 6.45) is 1.97. The molecule has 29 heavy (non-hydrogen) atoms. The smallest absolute Gasteiger partial charge is 0.196 e. The molecule has 2 aliphatic heterocycles. The molecule has 2 atom stereocenters. The number of thiophene rings is 1. The standard InChI is InChI=1S/C23H22N2O3S/c1-3-27-20-11-10-15(13-21(20)26-2)23-25-18(16-7-4-5-8-19(16)28-23)14-17(24-25)22-9-6-12-29-22/h4-14,18,23-24H,3H2,1-2H3. The van der Waals surface area contributed by atoms with Crippen LogP contribution in [-0.4, -0.2) is 18.7 Å². The van der Waals surface area contributed by atoms with E-state index in [-0.39, 0.29) is 12.3 Å². The van der Waals surface area contributed by atoms with Gasteiger partial charge in [0.05, 0.1) is 30.3 Å². The summed E-state index contributed by atoms with van der Waals surface area (Å²) in [7, 11) is 1.66. The number of nitrogens with zero attached hydrogens (tertiary/aromatic N) is 1. The van der Waals surface area contributed by atoms with Gasteiger partial charge in [-0.2, -0.15) is 5.01 Å². The lowest BCUT2D eigenvalue weighted by atomic mass is 10.0. The Morgan fingerprint density at radius 3 is 2.79 bits per heavy atom. The van der Waals surface area contributed by atoms with E-state index in [2.05, 4.69) is 46.2 Å². The maximum Gasteiger partial charge on any atom is 0.196 e. The van der Waals surface area contributed by atoms with Crippen molar-refractivity contribution in [3.05, 3.63) is 82.1 Å². The van der Waals surface area contributed by atoms with E-state index in [1.807, 2.05) is 37.3 Å². The molecule has 1 N–H and O–H groups in total. The fourth-order valence-electron chi connectivity index (χ4n) is 3.85. The van der Waals surface area contributed by atoms with Gasteiger partial charge < -0.3 is 19.6 Å². The maximum absolute atomic E-state index is 6.43. The highest BCUT2D eigenvalue weighted by Gasteiger charge is 2.40. The Kier molecular flexibility index (Phi) is 4.66. The van der Waals surface area contributed by atoms with Gasteiger partial charge in [0.25, 0.3) is 0 Å². The molecule has 0 saturated carbocycles. The van der Waals surface area contributed by atoms with E-state index in [0.29, 0.717) is 12.4 Å². The van der Waals surface area contributed by atoms with Crippen LogP contribution in [-0.2, 0) is 0 Å². The molecule has 0 amide bonds. The Hall–Kier alpha value is -2.96. The number of para-hydroxylation sites is 1. The van der Waals surface area contributed by atoms with Crippen LogP contribution in [0.3, 0.4) is 0 Å². The zero-order chi connectivity index (χ0) is 19.8. The van der Waals surface area contributed by atoms with Gasteiger partial charge in [0.1, 0.15) is 5.75 Å². The van der Waals surface area contributed by atoms with Crippen LogP contribution in [0.25, 0.3) is 5.70 Å². The summed E-state index contributed by atoms with van der Waals surface area (Å²) < 4.78 is 17.7. The van der Waals surface area contributed by atoms with E-state index in [1.54, 1.807) is 18.4 Å². The molecule has 0 aliphatic carbocycles. The molecule has 0 fully saturated rings. The molecule has 0 bridgehead atoms. The molecule has 148 valence electrons. The van der Waals surface area contributed by atoms with Crippen molar-refractivity contribution in [1.29, 1.82) is 0 Å². The molecule has 6 heteroatoms. The lowest BCUT2D eigenvalue weighted by Gasteiger charge is -2.39. The van der Waals surface area contributed by atoms with Crippen molar-refractivity contribution in [2.24, 2.45) is 0 Å². The molecule has 3 aromatic rings. The Balaban J connectivity index is 1.55. The molecule has 1 aromatic heterocycles. The summed E-state index contributed by atoms with van der Waals surface area (Å²) in [5.41, 5.74) is 6.83. The molecule has 2 unspecified atom stereocenters. The predicted octanol–water partition coefficient (Wildman–Crippen LogP) is 5.15. The number of ether oxygens (including phenoxy) is 3. The Morgan fingerprint density at radius 2 is 2.00 bits per heavy atom. The predicted molar refractivity (Wildman–Crippen MR) is 114 cm³/mol. The maximum atomic E-state index is 6.43. The van der Waals surface area contributed by atoms with Gasteiger partial charge in [0.2, 0.25) is 0 Å². The largest absolute Gasteiger partial charge is 0.493 e. The van der Waals surface area contributed by atoms with Crippen molar-refractivity contribution in [3.63, 3.8) is 0 Å². The van der Waals surface area contributed by atoms with Gasteiger partial charge in [-0.25, -0.2) is 0 Å². The minimum Gasteiger partial charge on any atom is -0.493 e. The van der Waals surface area contributed by atoms with Gasteiger partial charge in [0, 0.05) is 11.1 Å². The van der Waals surface area contributed by atoms with E-state index in [0.717, 1.165) is 28.3 Å². The second kappa shape index (κ2) is 7.46. The number of fused-ring (bicyclic) bond motifs is 3. The van der Waals surface area contributed by atoms with Gasteiger partial charge in [-0.15, -0.1) is 11.3 Å². The SMILES string of the molecule is CCOc1ccc(C2Oc3ccccc3C3C=C(c4cccs4)NN32)cc1OC. The second-order valence-electron chi connectivity index (χ2n) is 6.87. The van der Waals surface area contributed by atoms with Crippen LogP contribution in [0.15, 0.2) is 66.1 Å². The average Bonchev–Trinajstić information content (AvgIpc) is 3.44. The van der Waals surface area contributed by atoms with Gasteiger partial charge in [0.15, 0.2) is 17.7 Å². The third-order valence-electron chi connectivity index (χ3n) is 5.16. The zero-order valence-electron chi connectivity index (χ0n) is 16.3. The molecule has 5 nitrogen and oxygen atoms in total. The Morgan fingerprint density at radius 1 is 1.10 bits per heavy atom. The number of benzene rings is 2. The molecule has 2 aromatic carbocycles. The summed E-state index contributed by atoms with van der Waals surface area (Å²) in [5.74, 6) is 2.34. The van der Waals surface area contributed by atoms with Gasteiger partial charge >= 0.3 is 0 Å². The van der Waals surface area contributed by atoms with Crippen LogP contribution in [0.4, 0.5) is 0 Å². The van der Waals surface area contributed by atoms with E-state index in [9.17, 15) is 0 Å². The van der Waals surface area contributed by atoms with Crippen LogP contribution in [0.1, 0.15) is 35.2 Å². The third-order valence-corrected chi connectivity index (χ3v) is 6.07. The van der Waals surface area contributed by atoms with Crippen LogP contribution in [0.2, 0.25) is 0 Å². The van der Waals surface area contributed by atoms with Crippen molar-refractivity contribution < 1.29 is 14.2 Å². The van der Waals surface area contributed by atoms with E-state index in [1.165, 1.54) is 4.88 Å². The fourth-order valence-corrected chi connectivity index (χ4v) is 4.55. The zero-order valence-corrected chi connectivity index (χ0v) is 17.1. The summed E-state index contributed by atoms with van der Waals surface area (Å²) in [6, 6.07) is 18.5. The Labute approximate surface area is 174 Å². The highest BCUT2D eigenvalue weighted by Crippen LogP contribution is 2.47. The van der Waals surface area contributed by atoms with Gasteiger partial charge in [-0.1, -0.05) is 24.3 Å². The molecule has 0 saturated heterocycles. The third kappa shape index (κ3) is 3.14. The number of hydrogen-bond acceptors (Lipinski definition) is 6. The normalized spacial score (nSPS) is 20.1. The first-order valence-corrected chi connectivity index (χ1v) is 10.5. The van der Waals surface area contributed by atoms with Crippen molar-refractivity contribution in [2.75, 3.05) is 13.7 Å². The van der Waals surface area contributed by atoms with E-state index < -0.39 is 0 Å².